The monoisotopic (exact) mass is 206 g/mol. The molecule has 0 bridgehead atoms. The van der Waals surface area contributed by atoms with Crippen molar-refractivity contribution in [3.05, 3.63) is 34.9 Å². The molecule has 0 spiro atoms. The Kier molecular flexibility index (Phi) is 3.72. The molecule has 0 aliphatic rings. The number of aryl methyl sites for hydroxylation is 2. The Balaban J connectivity index is 2.82. The highest BCUT2D eigenvalue weighted by Gasteiger charge is 2.10. The van der Waals surface area contributed by atoms with E-state index in [-0.39, 0.29) is 12.1 Å². The summed E-state index contributed by atoms with van der Waals surface area (Å²) in [5.41, 5.74) is 3.60. The highest BCUT2D eigenvalue weighted by Crippen LogP contribution is 2.18. The van der Waals surface area contributed by atoms with Gasteiger partial charge in [-0.1, -0.05) is 23.8 Å². The number of carbonyl (C=O) groups is 1. The molecule has 0 saturated carbocycles. The lowest BCUT2D eigenvalue weighted by molar-refractivity contribution is 0.240. The molecule has 0 saturated heterocycles. The molecule has 1 unspecified atom stereocenters. The molecule has 1 aromatic rings. The van der Waals surface area contributed by atoms with Gasteiger partial charge in [-0.05, 0) is 31.9 Å². The maximum absolute atomic E-state index is 11.2. The van der Waals surface area contributed by atoms with Crippen LogP contribution in [0.3, 0.4) is 0 Å². The zero-order valence-corrected chi connectivity index (χ0v) is 9.72. The Labute approximate surface area is 90.9 Å². The summed E-state index contributed by atoms with van der Waals surface area (Å²) in [6.07, 6.45) is 0. The SMILES string of the molecule is CNC(=O)NC(C)c1ccc(C)cc1C. The van der Waals surface area contributed by atoms with Gasteiger partial charge in [-0.2, -0.15) is 0 Å². The molecule has 3 nitrogen and oxygen atoms in total. The van der Waals surface area contributed by atoms with Crippen LogP contribution in [-0.4, -0.2) is 13.1 Å². The highest BCUT2D eigenvalue weighted by atomic mass is 16.2. The molecule has 1 aromatic carbocycles. The molecule has 3 heteroatoms. The zero-order valence-electron chi connectivity index (χ0n) is 9.72. The zero-order chi connectivity index (χ0) is 11.4. The van der Waals surface area contributed by atoms with E-state index in [0.29, 0.717) is 0 Å². The molecule has 0 radical (unpaired) electrons. The van der Waals surface area contributed by atoms with Crippen LogP contribution in [0.1, 0.15) is 29.7 Å². The second kappa shape index (κ2) is 4.82. The lowest BCUT2D eigenvalue weighted by Crippen LogP contribution is -2.34. The van der Waals surface area contributed by atoms with Gasteiger partial charge in [0.1, 0.15) is 0 Å². The Morgan fingerprint density at radius 3 is 2.53 bits per heavy atom. The summed E-state index contributed by atoms with van der Waals surface area (Å²) in [7, 11) is 1.62. The summed E-state index contributed by atoms with van der Waals surface area (Å²) >= 11 is 0. The van der Waals surface area contributed by atoms with Crippen molar-refractivity contribution in [1.82, 2.24) is 10.6 Å². The van der Waals surface area contributed by atoms with E-state index in [0.717, 1.165) is 5.56 Å². The van der Waals surface area contributed by atoms with Gasteiger partial charge in [0.25, 0.3) is 0 Å². The van der Waals surface area contributed by atoms with Crippen LogP contribution < -0.4 is 10.6 Å². The quantitative estimate of drug-likeness (QED) is 0.766. The number of hydrogen-bond acceptors (Lipinski definition) is 1. The normalized spacial score (nSPS) is 12.0. The molecule has 1 rings (SSSR count). The predicted molar refractivity (Wildman–Crippen MR) is 61.9 cm³/mol. The molecular weight excluding hydrogens is 188 g/mol. The summed E-state index contributed by atoms with van der Waals surface area (Å²) in [6.45, 7) is 6.10. The van der Waals surface area contributed by atoms with Crippen molar-refractivity contribution < 1.29 is 4.79 Å². The van der Waals surface area contributed by atoms with Crippen molar-refractivity contribution in [2.75, 3.05) is 7.05 Å². The summed E-state index contributed by atoms with van der Waals surface area (Å²) in [5, 5.41) is 5.40. The maximum atomic E-state index is 11.2. The van der Waals surface area contributed by atoms with E-state index in [2.05, 4.69) is 42.7 Å². The van der Waals surface area contributed by atoms with E-state index in [1.807, 2.05) is 6.92 Å². The van der Waals surface area contributed by atoms with E-state index < -0.39 is 0 Å². The minimum Gasteiger partial charge on any atom is -0.341 e. The molecule has 1 atom stereocenters. The van der Waals surface area contributed by atoms with Gasteiger partial charge in [-0.15, -0.1) is 0 Å². The van der Waals surface area contributed by atoms with Gasteiger partial charge >= 0.3 is 6.03 Å². The van der Waals surface area contributed by atoms with Gasteiger partial charge in [0.05, 0.1) is 6.04 Å². The molecule has 2 amide bonds. The van der Waals surface area contributed by atoms with Gasteiger partial charge in [-0.3, -0.25) is 0 Å². The van der Waals surface area contributed by atoms with Crippen LogP contribution in [0.25, 0.3) is 0 Å². The van der Waals surface area contributed by atoms with Crippen LogP contribution >= 0.6 is 0 Å². The first-order valence-corrected chi connectivity index (χ1v) is 5.10. The Bertz CT molecular complexity index is 361. The number of urea groups is 1. The lowest BCUT2D eigenvalue weighted by atomic mass is 10.0. The molecular formula is C12H18N2O. The molecule has 0 aromatic heterocycles. The van der Waals surface area contributed by atoms with Crippen molar-refractivity contribution in [3.63, 3.8) is 0 Å². The molecule has 0 aliphatic heterocycles. The minimum atomic E-state index is -0.150. The number of amides is 2. The predicted octanol–water partition coefficient (Wildman–Crippen LogP) is 2.29. The van der Waals surface area contributed by atoms with Crippen molar-refractivity contribution >= 4 is 6.03 Å². The van der Waals surface area contributed by atoms with Crippen LogP contribution in [0.2, 0.25) is 0 Å². The Morgan fingerprint density at radius 2 is 2.00 bits per heavy atom. The molecule has 0 heterocycles. The maximum Gasteiger partial charge on any atom is 0.315 e. The Morgan fingerprint density at radius 1 is 1.33 bits per heavy atom. The second-order valence-corrected chi connectivity index (χ2v) is 3.81. The smallest absolute Gasteiger partial charge is 0.315 e. The molecule has 0 fully saturated rings. The van der Waals surface area contributed by atoms with Gasteiger partial charge in [0.2, 0.25) is 0 Å². The third kappa shape index (κ3) is 2.98. The van der Waals surface area contributed by atoms with Crippen molar-refractivity contribution in [3.8, 4) is 0 Å². The third-order valence-corrected chi connectivity index (χ3v) is 2.47. The fraction of sp³-hybridized carbons (Fsp3) is 0.417. The highest BCUT2D eigenvalue weighted by molar-refractivity contribution is 5.74. The average molecular weight is 206 g/mol. The topological polar surface area (TPSA) is 41.1 Å². The third-order valence-electron chi connectivity index (χ3n) is 2.47. The van der Waals surface area contributed by atoms with Gasteiger partial charge in [0, 0.05) is 7.05 Å². The first kappa shape index (κ1) is 11.6. The van der Waals surface area contributed by atoms with Gasteiger partial charge in [-0.25, -0.2) is 4.79 Å². The summed E-state index contributed by atoms with van der Waals surface area (Å²) in [4.78, 5) is 11.2. The standard InChI is InChI=1S/C12H18N2O/c1-8-5-6-11(9(2)7-8)10(3)14-12(15)13-4/h5-7,10H,1-4H3,(H2,13,14,15). The van der Waals surface area contributed by atoms with Crippen LogP contribution in [0.15, 0.2) is 18.2 Å². The van der Waals surface area contributed by atoms with Crippen molar-refractivity contribution in [2.24, 2.45) is 0 Å². The van der Waals surface area contributed by atoms with E-state index in [4.69, 9.17) is 0 Å². The number of nitrogens with one attached hydrogen (secondary N) is 2. The summed E-state index contributed by atoms with van der Waals surface area (Å²) in [5.74, 6) is 0. The molecule has 2 N–H and O–H groups in total. The van der Waals surface area contributed by atoms with E-state index in [1.54, 1.807) is 7.05 Å². The number of carbonyl (C=O) groups excluding carboxylic acids is 1. The fourth-order valence-electron chi connectivity index (χ4n) is 1.66. The molecule has 15 heavy (non-hydrogen) atoms. The lowest BCUT2D eigenvalue weighted by Gasteiger charge is -2.16. The van der Waals surface area contributed by atoms with Gasteiger partial charge in [0.15, 0.2) is 0 Å². The summed E-state index contributed by atoms with van der Waals surface area (Å²) in [6, 6.07) is 6.13. The van der Waals surface area contributed by atoms with Crippen molar-refractivity contribution in [1.29, 1.82) is 0 Å². The summed E-state index contributed by atoms with van der Waals surface area (Å²) < 4.78 is 0. The van der Waals surface area contributed by atoms with Crippen LogP contribution in [0, 0.1) is 13.8 Å². The van der Waals surface area contributed by atoms with E-state index in [9.17, 15) is 4.79 Å². The van der Waals surface area contributed by atoms with Gasteiger partial charge < -0.3 is 10.6 Å². The van der Waals surface area contributed by atoms with Crippen LogP contribution in [0.5, 0.6) is 0 Å². The van der Waals surface area contributed by atoms with Crippen molar-refractivity contribution in [2.45, 2.75) is 26.8 Å². The number of benzene rings is 1. The van der Waals surface area contributed by atoms with Crippen LogP contribution in [0.4, 0.5) is 4.79 Å². The fourth-order valence-corrected chi connectivity index (χ4v) is 1.66. The van der Waals surface area contributed by atoms with Crippen LogP contribution in [-0.2, 0) is 0 Å². The Hall–Kier alpha value is -1.51. The van der Waals surface area contributed by atoms with E-state index in [1.165, 1.54) is 11.1 Å². The van der Waals surface area contributed by atoms with E-state index >= 15 is 0 Å². The largest absolute Gasteiger partial charge is 0.341 e. The first-order chi connectivity index (χ1) is 7.04. The number of rotatable bonds is 2. The first-order valence-electron chi connectivity index (χ1n) is 5.10. The molecule has 0 aliphatic carbocycles. The average Bonchev–Trinajstić information content (AvgIpc) is 2.17. The minimum absolute atomic E-state index is 0.0329. The number of hydrogen-bond donors (Lipinski definition) is 2. The second-order valence-electron chi connectivity index (χ2n) is 3.81. The molecule has 82 valence electrons.